The number of anilines is 1. The largest absolute Gasteiger partial charge is 0.326 e. The lowest BCUT2D eigenvalue weighted by Gasteiger charge is -2.14. The Morgan fingerprint density at radius 3 is 2.57 bits per heavy atom. The lowest BCUT2D eigenvalue weighted by Crippen LogP contribution is -2.35. The second-order valence-electron chi connectivity index (χ2n) is 5.07. The Hall–Kier alpha value is -2.26. The Labute approximate surface area is 135 Å². The van der Waals surface area contributed by atoms with Crippen molar-refractivity contribution in [1.29, 1.82) is 0 Å². The highest BCUT2D eigenvalue weighted by molar-refractivity contribution is 7.89. The van der Waals surface area contributed by atoms with Gasteiger partial charge in [0.15, 0.2) is 0 Å². The zero-order chi connectivity index (χ0) is 16.9. The van der Waals surface area contributed by atoms with Gasteiger partial charge in [-0.3, -0.25) is 9.48 Å². The third-order valence-electron chi connectivity index (χ3n) is 3.05. The number of carbonyl (C=O) groups is 1. The minimum absolute atomic E-state index is 0.125. The number of carbonyl (C=O) groups excluding carboxylic acids is 1. The number of hydrogen-bond donors (Lipinski definition) is 2. The molecule has 1 aromatic heterocycles. The third kappa shape index (κ3) is 4.86. The molecule has 0 radical (unpaired) electrons. The molecule has 0 fully saturated rings. The predicted molar refractivity (Wildman–Crippen MR) is 85.2 cm³/mol. The molecule has 124 valence electrons. The van der Waals surface area contributed by atoms with Crippen LogP contribution in [0.5, 0.6) is 0 Å². The standard InChI is InChI=1S/C14H19N5O3S/c1-3-14(20)17-12-4-6-13(7-5-12)23(21,22)18-11(2)8-19-10-15-9-16-19/h4-7,9-11,18H,3,8H2,1-2H3,(H,17,20). The summed E-state index contributed by atoms with van der Waals surface area (Å²) in [6.45, 7) is 3.87. The van der Waals surface area contributed by atoms with E-state index >= 15 is 0 Å². The first-order valence-corrected chi connectivity index (χ1v) is 8.63. The van der Waals surface area contributed by atoms with Crippen LogP contribution in [0.25, 0.3) is 0 Å². The van der Waals surface area contributed by atoms with Crippen molar-refractivity contribution in [3.05, 3.63) is 36.9 Å². The first kappa shape index (κ1) is 17.1. The number of benzene rings is 1. The van der Waals surface area contributed by atoms with Gasteiger partial charge in [0.25, 0.3) is 0 Å². The minimum Gasteiger partial charge on any atom is -0.326 e. The van der Waals surface area contributed by atoms with E-state index in [1.807, 2.05) is 0 Å². The van der Waals surface area contributed by atoms with Gasteiger partial charge in [-0.2, -0.15) is 5.10 Å². The van der Waals surface area contributed by atoms with Crippen molar-refractivity contribution in [1.82, 2.24) is 19.5 Å². The summed E-state index contributed by atoms with van der Waals surface area (Å²) in [6.07, 6.45) is 3.28. The topological polar surface area (TPSA) is 106 Å². The van der Waals surface area contributed by atoms with E-state index in [1.165, 1.54) is 24.8 Å². The SMILES string of the molecule is CCC(=O)Nc1ccc(S(=O)(=O)NC(C)Cn2cncn2)cc1. The van der Waals surface area contributed by atoms with Crippen LogP contribution in [0.2, 0.25) is 0 Å². The first-order valence-electron chi connectivity index (χ1n) is 7.15. The summed E-state index contributed by atoms with van der Waals surface area (Å²) in [5, 5.41) is 6.60. The van der Waals surface area contributed by atoms with Crippen molar-refractivity contribution in [3.8, 4) is 0 Å². The molecule has 0 aliphatic carbocycles. The van der Waals surface area contributed by atoms with Crippen LogP contribution in [-0.2, 0) is 21.4 Å². The molecule has 0 aliphatic heterocycles. The molecule has 1 unspecified atom stereocenters. The molecule has 0 bridgehead atoms. The lowest BCUT2D eigenvalue weighted by molar-refractivity contribution is -0.115. The second kappa shape index (κ2) is 7.34. The van der Waals surface area contributed by atoms with Gasteiger partial charge in [-0.15, -0.1) is 0 Å². The van der Waals surface area contributed by atoms with Gasteiger partial charge in [0, 0.05) is 18.2 Å². The van der Waals surface area contributed by atoms with Crippen molar-refractivity contribution >= 4 is 21.6 Å². The first-order chi connectivity index (χ1) is 10.9. The zero-order valence-corrected chi connectivity index (χ0v) is 13.7. The normalized spacial score (nSPS) is 12.8. The van der Waals surface area contributed by atoms with E-state index in [-0.39, 0.29) is 16.8 Å². The van der Waals surface area contributed by atoms with Crippen LogP contribution in [0.3, 0.4) is 0 Å². The molecule has 2 aromatic rings. The molecule has 1 amide bonds. The maximum atomic E-state index is 12.3. The monoisotopic (exact) mass is 337 g/mol. The van der Waals surface area contributed by atoms with Crippen molar-refractivity contribution in [2.24, 2.45) is 0 Å². The van der Waals surface area contributed by atoms with Crippen LogP contribution in [-0.4, -0.2) is 35.1 Å². The van der Waals surface area contributed by atoms with Gasteiger partial charge < -0.3 is 5.32 Å². The number of aromatic nitrogens is 3. The maximum absolute atomic E-state index is 12.3. The summed E-state index contributed by atoms with van der Waals surface area (Å²) in [7, 11) is -3.64. The van der Waals surface area contributed by atoms with E-state index in [1.54, 1.807) is 30.7 Å². The molecule has 0 aliphatic rings. The second-order valence-corrected chi connectivity index (χ2v) is 6.78. The highest BCUT2D eigenvalue weighted by Gasteiger charge is 2.17. The summed E-state index contributed by atoms with van der Waals surface area (Å²) in [5.41, 5.74) is 0.562. The molecule has 9 heteroatoms. The van der Waals surface area contributed by atoms with E-state index in [9.17, 15) is 13.2 Å². The van der Waals surface area contributed by atoms with Crippen molar-refractivity contribution < 1.29 is 13.2 Å². The molecule has 1 heterocycles. The van der Waals surface area contributed by atoms with E-state index in [4.69, 9.17) is 0 Å². The third-order valence-corrected chi connectivity index (χ3v) is 4.66. The van der Waals surface area contributed by atoms with Crippen LogP contribution in [0.1, 0.15) is 20.3 Å². The van der Waals surface area contributed by atoms with Crippen molar-refractivity contribution in [2.75, 3.05) is 5.32 Å². The number of nitrogens with one attached hydrogen (secondary N) is 2. The fourth-order valence-electron chi connectivity index (χ4n) is 1.94. The summed E-state index contributed by atoms with van der Waals surface area (Å²) in [6, 6.07) is 5.68. The van der Waals surface area contributed by atoms with Gasteiger partial charge in [0.2, 0.25) is 15.9 Å². The molecule has 0 spiro atoms. The van der Waals surface area contributed by atoms with Crippen LogP contribution in [0, 0.1) is 0 Å². The number of rotatable bonds is 7. The quantitative estimate of drug-likeness (QED) is 0.784. The molecule has 0 saturated carbocycles. The Kier molecular flexibility index (Phi) is 5.45. The van der Waals surface area contributed by atoms with Crippen LogP contribution in [0.15, 0.2) is 41.8 Å². The molecule has 1 atom stereocenters. The van der Waals surface area contributed by atoms with Gasteiger partial charge in [-0.1, -0.05) is 6.92 Å². The fraction of sp³-hybridized carbons (Fsp3) is 0.357. The Morgan fingerprint density at radius 1 is 1.30 bits per heavy atom. The van der Waals surface area contributed by atoms with Crippen molar-refractivity contribution in [3.63, 3.8) is 0 Å². The van der Waals surface area contributed by atoms with Gasteiger partial charge >= 0.3 is 0 Å². The molecular weight excluding hydrogens is 318 g/mol. The van der Waals surface area contributed by atoms with Gasteiger partial charge in [-0.05, 0) is 31.2 Å². The maximum Gasteiger partial charge on any atom is 0.240 e. The summed E-state index contributed by atoms with van der Waals surface area (Å²) in [5.74, 6) is -0.125. The molecule has 0 saturated heterocycles. The molecule has 2 N–H and O–H groups in total. The smallest absolute Gasteiger partial charge is 0.240 e. The van der Waals surface area contributed by atoms with E-state index < -0.39 is 10.0 Å². The van der Waals surface area contributed by atoms with Crippen LogP contribution >= 0.6 is 0 Å². The lowest BCUT2D eigenvalue weighted by atomic mass is 10.3. The van der Waals surface area contributed by atoms with E-state index in [2.05, 4.69) is 20.1 Å². The van der Waals surface area contributed by atoms with E-state index in [0.29, 0.717) is 18.7 Å². The predicted octanol–water partition coefficient (Wildman–Crippen LogP) is 0.994. The van der Waals surface area contributed by atoms with Gasteiger partial charge in [0.1, 0.15) is 12.7 Å². The van der Waals surface area contributed by atoms with Crippen LogP contribution < -0.4 is 10.0 Å². The molecular formula is C14H19N5O3S. The number of amides is 1. The number of nitrogens with zero attached hydrogens (tertiary/aromatic N) is 3. The number of sulfonamides is 1. The minimum atomic E-state index is -3.64. The molecule has 23 heavy (non-hydrogen) atoms. The van der Waals surface area contributed by atoms with Gasteiger partial charge in [0.05, 0.1) is 11.4 Å². The Balaban J connectivity index is 2.02. The zero-order valence-electron chi connectivity index (χ0n) is 12.9. The average molecular weight is 337 g/mol. The average Bonchev–Trinajstić information content (AvgIpc) is 2.99. The summed E-state index contributed by atoms with van der Waals surface area (Å²) < 4.78 is 28.8. The summed E-state index contributed by atoms with van der Waals surface area (Å²) >= 11 is 0. The van der Waals surface area contributed by atoms with Gasteiger partial charge in [-0.25, -0.2) is 18.1 Å². The van der Waals surface area contributed by atoms with Crippen molar-refractivity contribution in [2.45, 2.75) is 37.8 Å². The molecule has 8 nitrogen and oxygen atoms in total. The number of hydrogen-bond acceptors (Lipinski definition) is 5. The molecule has 2 rings (SSSR count). The summed E-state index contributed by atoms with van der Waals surface area (Å²) in [4.78, 5) is 15.3. The molecule has 1 aromatic carbocycles. The highest BCUT2D eigenvalue weighted by atomic mass is 32.2. The highest BCUT2D eigenvalue weighted by Crippen LogP contribution is 2.14. The fourth-order valence-corrected chi connectivity index (χ4v) is 3.18. The van der Waals surface area contributed by atoms with E-state index in [0.717, 1.165) is 0 Å². The Morgan fingerprint density at radius 2 is 2.00 bits per heavy atom. The Bertz CT molecular complexity index is 741. The van der Waals surface area contributed by atoms with Crippen LogP contribution in [0.4, 0.5) is 5.69 Å².